The molecule has 0 spiro atoms. The third-order valence-electron chi connectivity index (χ3n) is 5.60. The molecular formula is C23H22BrClN2O4. The fraction of sp³-hybridized carbons (Fsp3) is 0.304. The minimum Gasteiger partial charge on any atom is -0.507 e. The minimum absolute atomic E-state index is 0.0941. The van der Waals surface area contributed by atoms with Gasteiger partial charge < -0.3 is 14.7 Å². The number of hydrogen-bond acceptors (Lipinski definition) is 5. The van der Waals surface area contributed by atoms with E-state index < -0.39 is 17.7 Å². The molecule has 2 aromatic carbocycles. The molecule has 0 aliphatic carbocycles. The topological polar surface area (TPSA) is 70.1 Å². The van der Waals surface area contributed by atoms with E-state index in [2.05, 4.69) is 20.8 Å². The fourth-order valence-corrected chi connectivity index (χ4v) is 4.33. The zero-order valence-electron chi connectivity index (χ0n) is 16.8. The zero-order chi connectivity index (χ0) is 22.0. The van der Waals surface area contributed by atoms with Gasteiger partial charge in [0.15, 0.2) is 0 Å². The number of likely N-dealkylation sites (tertiary alicyclic amines) is 1. The summed E-state index contributed by atoms with van der Waals surface area (Å²) in [6.07, 6.45) is 0. The van der Waals surface area contributed by atoms with E-state index in [0.717, 1.165) is 23.1 Å². The monoisotopic (exact) mass is 504 g/mol. The second kappa shape index (κ2) is 9.53. The second-order valence-electron chi connectivity index (χ2n) is 7.50. The molecule has 6 nitrogen and oxygen atoms in total. The predicted octanol–water partition coefficient (Wildman–Crippen LogP) is 3.86. The third-order valence-corrected chi connectivity index (χ3v) is 6.38. The number of aliphatic hydroxyl groups is 1. The van der Waals surface area contributed by atoms with E-state index in [1.807, 2.05) is 0 Å². The van der Waals surface area contributed by atoms with E-state index in [4.69, 9.17) is 16.3 Å². The Hall–Kier alpha value is -2.19. The lowest BCUT2D eigenvalue weighted by Gasteiger charge is -2.31. The number of morpholine rings is 1. The van der Waals surface area contributed by atoms with Gasteiger partial charge in [-0.05, 0) is 29.8 Å². The Labute approximate surface area is 194 Å². The molecule has 1 amide bonds. The molecule has 31 heavy (non-hydrogen) atoms. The summed E-state index contributed by atoms with van der Waals surface area (Å²) in [5.41, 5.74) is 1.30. The molecule has 0 unspecified atom stereocenters. The summed E-state index contributed by atoms with van der Waals surface area (Å²) in [4.78, 5) is 29.8. The smallest absolute Gasteiger partial charge is 0.295 e. The predicted molar refractivity (Wildman–Crippen MR) is 122 cm³/mol. The number of benzene rings is 2. The van der Waals surface area contributed by atoms with Crippen molar-refractivity contribution in [1.82, 2.24) is 9.80 Å². The van der Waals surface area contributed by atoms with Crippen LogP contribution in [0.25, 0.3) is 5.76 Å². The Balaban J connectivity index is 1.72. The Morgan fingerprint density at radius 2 is 1.68 bits per heavy atom. The molecule has 0 saturated carbocycles. The first-order valence-electron chi connectivity index (χ1n) is 10.1. The first kappa shape index (κ1) is 22.0. The Bertz CT molecular complexity index is 1000. The van der Waals surface area contributed by atoms with E-state index in [1.54, 1.807) is 53.4 Å². The molecule has 4 rings (SSSR count). The highest BCUT2D eigenvalue weighted by molar-refractivity contribution is 9.10. The van der Waals surface area contributed by atoms with Gasteiger partial charge in [-0.25, -0.2) is 0 Å². The quantitative estimate of drug-likeness (QED) is 0.380. The van der Waals surface area contributed by atoms with Gasteiger partial charge >= 0.3 is 0 Å². The molecule has 2 aliphatic rings. The number of ether oxygens (including phenoxy) is 1. The van der Waals surface area contributed by atoms with E-state index >= 15 is 0 Å². The van der Waals surface area contributed by atoms with Crippen molar-refractivity contribution in [2.24, 2.45) is 0 Å². The number of aliphatic hydroxyl groups excluding tert-OH is 1. The Morgan fingerprint density at radius 1 is 1.03 bits per heavy atom. The number of ketones is 1. The third kappa shape index (κ3) is 4.70. The fourth-order valence-electron chi connectivity index (χ4n) is 3.94. The second-order valence-corrected chi connectivity index (χ2v) is 8.86. The number of carbonyl (C=O) groups excluding carboxylic acids is 2. The van der Waals surface area contributed by atoms with Crippen molar-refractivity contribution in [3.63, 3.8) is 0 Å². The first-order valence-corrected chi connectivity index (χ1v) is 11.2. The first-order chi connectivity index (χ1) is 15.0. The maximum atomic E-state index is 13.0. The number of hydrogen-bond donors (Lipinski definition) is 1. The van der Waals surface area contributed by atoms with Gasteiger partial charge in [-0.1, -0.05) is 51.8 Å². The maximum Gasteiger partial charge on any atom is 0.295 e. The average Bonchev–Trinajstić information content (AvgIpc) is 3.04. The number of rotatable bonds is 5. The van der Waals surface area contributed by atoms with Crippen molar-refractivity contribution < 1.29 is 19.4 Å². The summed E-state index contributed by atoms with van der Waals surface area (Å²) in [5.74, 6) is -1.46. The van der Waals surface area contributed by atoms with Crippen LogP contribution in [0.4, 0.5) is 0 Å². The number of halogens is 2. The minimum atomic E-state index is -0.679. The van der Waals surface area contributed by atoms with E-state index in [1.165, 1.54) is 0 Å². The van der Waals surface area contributed by atoms with E-state index in [9.17, 15) is 14.7 Å². The van der Waals surface area contributed by atoms with Crippen molar-refractivity contribution in [2.45, 2.75) is 6.04 Å². The largest absolute Gasteiger partial charge is 0.507 e. The van der Waals surface area contributed by atoms with Gasteiger partial charge in [0.25, 0.3) is 11.7 Å². The molecule has 0 bridgehead atoms. The lowest BCUT2D eigenvalue weighted by molar-refractivity contribution is -0.140. The standard InChI is InChI=1S/C23H22BrClN2O4/c24-17-5-1-16(2-6-17)21(28)19-20(15-3-7-18(25)8-4-15)27(23(30)22(19)29)10-9-26-11-13-31-14-12-26/h1-8,20,28H,9-14H2/t20-/m1/s1. The van der Waals surface area contributed by atoms with Gasteiger partial charge in [0.2, 0.25) is 0 Å². The summed E-state index contributed by atoms with van der Waals surface area (Å²) in [5, 5.41) is 11.6. The summed E-state index contributed by atoms with van der Waals surface area (Å²) < 4.78 is 6.24. The van der Waals surface area contributed by atoms with Crippen molar-refractivity contribution >= 4 is 45.0 Å². The van der Waals surface area contributed by atoms with Crippen molar-refractivity contribution in [1.29, 1.82) is 0 Å². The molecule has 2 fully saturated rings. The Kier molecular flexibility index (Phi) is 6.77. The number of carbonyl (C=O) groups is 2. The van der Waals surface area contributed by atoms with Crippen LogP contribution in [0.5, 0.6) is 0 Å². The van der Waals surface area contributed by atoms with Crippen LogP contribution in [0.2, 0.25) is 5.02 Å². The zero-order valence-corrected chi connectivity index (χ0v) is 19.1. The van der Waals surface area contributed by atoms with Gasteiger partial charge in [-0.2, -0.15) is 0 Å². The van der Waals surface area contributed by atoms with Crippen LogP contribution in [0.1, 0.15) is 17.2 Å². The molecule has 8 heteroatoms. The highest BCUT2D eigenvalue weighted by Crippen LogP contribution is 2.39. The molecule has 162 valence electrons. The lowest BCUT2D eigenvalue weighted by atomic mass is 9.95. The van der Waals surface area contributed by atoms with Crippen LogP contribution in [-0.4, -0.2) is 66.0 Å². The van der Waals surface area contributed by atoms with Gasteiger partial charge in [0.05, 0.1) is 24.8 Å². The Morgan fingerprint density at radius 3 is 2.32 bits per heavy atom. The van der Waals surface area contributed by atoms with Crippen LogP contribution in [0.3, 0.4) is 0 Å². The van der Waals surface area contributed by atoms with Gasteiger partial charge in [-0.15, -0.1) is 0 Å². The molecule has 2 heterocycles. The van der Waals surface area contributed by atoms with E-state index in [-0.39, 0.29) is 11.3 Å². The molecule has 0 aromatic heterocycles. The summed E-state index contributed by atoms with van der Waals surface area (Å²) in [6.45, 7) is 3.88. The summed E-state index contributed by atoms with van der Waals surface area (Å²) in [7, 11) is 0. The average molecular weight is 506 g/mol. The molecular weight excluding hydrogens is 484 g/mol. The number of amides is 1. The lowest BCUT2D eigenvalue weighted by Crippen LogP contribution is -2.42. The summed E-state index contributed by atoms with van der Waals surface area (Å²) >= 11 is 9.42. The molecule has 2 aliphatic heterocycles. The molecule has 2 aromatic rings. The van der Waals surface area contributed by atoms with Crippen molar-refractivity contribution in [3.8, 4) is 0 Å². The van der Waals surface area contributed by atoms with Crippen molar-refractivity contribution in [3.05, 3.63) is 74.7 Å². The molecule has 0 radical (unpaired) electrons. The molecule has 1 N–H and O–H groups in total. The number of Topliss-reactive ketones (excluding diaryl/α,β-unsaturated/α-hetero) is 1. The van der Waals surface area contributed by atoms with Crippen molar-refractivity contribution in [2.75, 3.05) is 39.4 Å². The number of nitrogens with zero attached hydrogens (tertiary/aromatic N) is 2. The van der Waals surface area contributed by atoms with Gasteiger partial charge in [-0.3, -0.25) is 14.5 Å². The van der Waals surface area contributed by atoms with Gasteiger partial charge in [0.1, 0.15) is 5.76 Å². The van der Waals surface area contributed by atoms with Crippen LogP contribution >= 0.6 is 27.5 Å². The highest BCUT2D eigenvalue weighted by atomic mass is 79.9. The molecule has 2 saturated heterocycles. The van der Waals surface area contributed by atoms with Crippen LogP contribution in [0, 0.1) is 0 Å². The van der Waals surface area contributed by atoms with E-state index in [0.29, 0.717) is 36.9 Å². The summed E-state index contributed by atoms with van der Waals surface area (Å²) in [6, 6.07) is 13.3. The van der Waals surface area contributed by atoms with Gasteiger partial charge in [0, 0.05) is 41.2 Å². The van der Waals surface area contributed by atoms with Crippen LogP contribution in [-0.2, 0) is 14.3 Å². The SMILES string of the molecule is O=C1C(=O)N(CCN2CCOCC2)[C@H](c2ccc(Cl)cc2)C1=C(O)c1ccc(Br)cc1. The maximum absolute atomic E-state index is 13.0. The highest BCUT2D eigenvalue weighted by Gasteiger charge is 2.46. The van der Waals surface area contributed by atoms with Crippen LogP contribution < -0.4 is 0 Å². The molecule has 1 atom stereocenters. The van der Waals surface area contributed by atoms with Crippen LogP contribution in [0.15, 0.2) is 58.6 Å². The normalized spacial score (nSPS) is 21.6.